The van der Waals surface area contributed by atoms with Crippen molar-refractivity contribution in [1.29, 1.82) is 0 Å². The first-order valence-electron chi connectivity index (χ1n) is 24.6. The lowest BCUT2D eigenvalue weighted by molar-refractivity contribution is -0.192. The van der Waals surface area contributed by atoms with Crippen molar-refractivity contribution in [3.8, 4) is 0 Å². The second-order valence-electron chi connectivity index (χ2n) is 17.9. The highest BCUT2D eigenvalue weighted by molar-refractivity contribution is 6.03. The summed E-state index contributed by atoms with van der Waals surface area (Å²) in [5.41, 5.74) is 5.17. The number of hydrogen-bond acceptors (Lipinski definition) is 11. The Morgan fingerprint density at radius 1 is 0.692 bits per heavy atom. The molecule has 15 nitrogen and oxygen atoms in total. The van der Waals surface area contributed by atoms with Crippen molar-refractivity contribution in [3.05, 3.63) is 221 Å². The lowest BCUT2D eigenvalue weighted by atomic mass is 9.78. The predicted molar refractivity (Wildman–Crippen MR) is 278 cm³/mol. The molecule has 6 unspecified atom stereocenters. The van der Waals surface area contributed by atoms with Crippen molar-refractivity contribution in [2.45, 2.75) is 55.8 Å². The number of nitrogens with one attached hydrogen (secondary N) is 3. The molecule has 0 saturated carbocycles. The van der Waals surface area contributed by atoms with Crippen LogP contribution < -0.4 is 20.9 Å². The molecule has 1 fully saturated rings. The minimum absolute atomic E-state index is 0.0338. The van der Waals surface area contributed by atoms with E-state index in [1.165, 1.54) is 36.4 Å². The number of pyridine rings is 2. The zero-order chi connectivity index (χ0) is 55.6. The van der Waals surface area contributed by atoms with Gasteiger partial charge in [-0.25, -0.2) is 18.6 Å². The van der Waals surface area contributed by atoms with Crippen molar-refractivity contribution in [3.63, 3.8) is 0 Å². The lowest BCUT2D eigenvalue weighted by Crippen LogP contribution is -2.55. The Balaban J connectivity index is 0.00000118. The first-order valence-corrected chi connectivity index (χ1v) is 24.6. The average Bonchev–Trinajstić information content (AvgIpc) is 3.56. The Hall–Kier alpha value is -8.43. The van der Waals surface area contributed by atoms with Crippen LogP contribution in [0.4, 0.5) is 39.1 Å². The number of carbonyl (C=O) groups excluding carboxylic acids is 3. The van der Waals surface area contributed by atoms with Crippen LogP contribution in [0, 0.1) is 17.6 Å². The summed E-state index contributed by atoms with van der Waals surface area (Å²) in [4.78, 5) is 59.5. The number of amides is 3. The molecule has 6 N–H and O–H groups in total. The van der Waals surface area contributed by atoms with Crippen LogP contribution in [0.1, 0.15) is 76.6 Å². The number of para-hydroxylation sites is 1. The zero-order valence-electron chi connectivity index (χ0n) is 41.7. The van der Waals surface area contributed by atoms with E-state index in [1.54, 1.807) is 41.6 Å². The number of carboxylic acids is 1. The molecule has 78 heavy (non-hydrogen) atoms. The van der Waals surface area contributed by atoms with Gasteiger partial charge in [-0.05, 0) is 107 Å². The maximum absolute atomic E-state index is 13.9. The van der Waals surface area contributed by atoms with E-state index >= 15 is 0 Å². The van der Waals surface area contributed by atoms with Gasteiger partial charge in [-0.2, -0.15) is 13.2 Å². The molecule has 0 aliphatic carbocycles. The van der Waals surface area contributed by atoms with Gasteiger partial charge < -0.3 is 45.6 Å². The lowest BCUT2D eigenvalue weighted by Gasteiger charge is -2.48. The minimum atomic E-state index is -5.08. The molecule has 1 aliphatic heterocycles. The molecule has 0 bridgehead atoms. The summed E-state index contributed by atoms with van der Waals surface area (Å²) in [6, 6.07) is 45.4. The van der Waals surface area contributed by atoms with E-state index in [1.807, 2.05) is 103 Å². The zero-order valence-corrected chi connectivity index (χ0v) is 41.7. The molecule has 8 rings (SSSR count). The molecule has 5 aromatic carbocycles. The molecule has 3 amide bonds. The van der Waals surface area contributed by atoms with Crippen LogP contribution in [0.15, 0.2) is 176 Å². The molecule has 20 heteroatoms. The van der Waals surface area contributed by atoms with Crippen molar-refractivity contribution in [2.75, 3.05) is 42.0 Å². The summed E-state index contributed by atoms with van der Waals surface area (Å²) >= 11 is 0. The Morgan fingerprint density at radius 3 is 1.95 bits per heavy atom. The van der Waals surface area contributed by atoms with Crippen molar-refractivity contribution in [2.24, 2.45) is 5.92 Å². The number of anilines is 3. The van der Waals surface area contributed by atoms with Gasteiger partial charge in [0.2, 0.25) is 17.7 Å². The number of aromatic nitrogens is 2. The number of nitrogens with zero attached hydrogens (tertiary/aromatic N) is 3. The van der Waals surface area contributed by atoms with Gasteiger partial charge in [-0.1, -0.05) is 97.1 Å². The van der Waals surface area contributed by atoms with Gasteiger partial charge in [-0.15, -0.1) is 0 Å². The predicted octanol–water partition coefficient (Wildman–Crippen LogP) is 9.56. The van der Waals surface area contributed by atoms with E-state index in [9.17, 15) is 46.5 Å². The molecule has 0 spiro atoms. The third kappa shape index (κ3) is 15.8. The summed E-state index contributed by atoms with van der Waals surface area (Å²) in [5.74, 6) is -5.11. The number of β-lactam (4-membered cyclic amide) rings is 1. The number of aliphatic carboxylic acids is 1. The van der Waals surface area contributed by atoms with Gasteiger partial charge in [0.05, 0.1) is 49.3 Å². The number of benzene rings is 5. The Kier molecular flexibility index (Phi) is 20.2. The summed E-state index contributed by atoms with van der Waals surface area (Å²) in [7, 11) is 0. The van der Waals surface area contributed by atoms with Crippen molar-refractivity contribution >= 4 is 40.9 Å². The SMILES string of the molecule is O=C(COCCOCC(=O)Nc1ccccc1C(Nc1ccccn1)C(c1ccccn1)C(O)c1ccccc1)NCc1cccc(C2C(CCC(O)c3ccc(F)cc3)C(=O)N2c2ccc(F)cc2)c1.O=C(O)C(F)(F)F. The third-order valence-electron chi connectivity index (χ3n) is 12.6. The maximum atomic E-state index is 13.9. The van der Waals surface area contributed by atoms with Crippen molar-refractivity contribution in [1.82, 2.24) is 15.3 Å². The Morgan fingerprint density at radius 2 is 1.31 bits per heavy atom. The van der Waals surface area contributed by atoms with Gasteiger partial charge >= 0.3 is 12.1 Å². The van der Waals surface area contributed by atoms with E-state index in [2.05, 4.69) is 25.9 Å². The number of carboxylic acid groups (broad SMARTS) is 1. The maximum Gasteiger partial charge on any atom is 0.490 e. The second-order valence-corrected chi connectivity index (χ2v) is 17.9. The smallest absolute Gasteiger partial charge is 0.475 e. The van der Waals surface area contributed by atoms with Crippen LogP contribution >= 0.6 is 0 Å². The number of aliphatic hydroxyl groups excluding tert-OH is 2. The normalized spacial score (nSPS) is 15.6. The molecule has 3 heterocycles. The van der Waals surface area contributed by atoms with E-state index in [-0.39, 0.29) is 51.2 Å². The molecule has 7 aromatic rings. The van der Waals surface area contributed by atoms with Crippen LogP contribution in [0.3, 0.4) is 0 Å². The van der Waals surface area contributed by atoms with Gasteiger partial charge in [-0.3, -0.25) is 19.4 Å². The molecule has 6 atom stereocenters. The number of halogens is 5. The van der Waals surface area contributed by atoms with Crippen LogP contribution in [-0.4, -0.2) is 81.6 Å². The van der Waals surface area contributed by atoms with E-state index in [0.29, 0.717) is 46.0 Å². The highest BCUT2D eigenvalue weighted by Crippen LogP contribution is 2.47. The fraction of sp³-hybridized carbons (Fsp3) is 0.241. The number of ether oxygens (including phenoxy) is 2. The Bertz CT molecular complexity index is 3060. The monoisotopic (exact) mass is 1070 g/mol. The summed E-state index contributed by atoms with van der Waals surface area (Å²) in [5, 5.41) is 39.3. The van der Waals surface area contributed by atoms with Crippen LogP contribution in [0.2, 0.25) is 0 Å². The summed E-state index contributed by atoms with van der Waals surface area (Å²) in [6.45, 7) is -0.307. The Labute approximate surface area is 445 Å². The standard InChI is InChI=1S/C56H54F2N6O7.C2HF3O2/c57-41-21-19-38(20-22-41)48(65)28-27-45-54(64(56(45)69)43-25-23-42(58)24-26-43)40-14-10-11-37(33-40)34-61-50(66)35-70-31-32-71-36-51(67)62-46-16-5-4-15-44(46)53(63-49-18-7-9-30-60-49)52(47-17-6-8-29-59-47)55(68)39-12-2-1-3-13-39;3-2(4,5)1(6)7/h1-26,29-30,33,45,48,52-55,65,68H,27-28,31-32,34-36H2,(H,60,63)(H,61,66)(H,62,67);(H,6,7). The van der Waals surface area contributed by atoms with Crippen molar-refractivity contribution < 1.29 is 65.9 Å². The van der Waals surface area contributed by atoms with Crippen LogP contribution in [0.25, 0.3) is 0 Å². The topological polar surface area (TPSA) is 213 Å². The number of aliphatic hydroxyl groups is 2. The number of hydrogen-bond donors (Lipinski definition) is 6. The van der Waals surface area contributed by atoms with Crippen LogP contribution in [0.5, 0.6) is 0 Å². The van der Waals surface area contributed by atoms with Gasteiger partial charge in [0.15, 0.2) is 0 Å². The van der Waals surface area contributed by atoms with Crippen LogP contribution in [-0.2, 0) is 35.2 Å². The number of rotatable bonds is 23. The molecule has 406 valence electrons. The summed E-state index contributed by atoms with van der Waals surface area (Å²) < 4.78 is 70.3. The molecule has 1 aliphatic rings. The highest BCUT2D eigenvalue weighted by Gasteiger charge is 2.48. The minimum Gasteiger partial charge on any atom is -0.475 e. The van der Waals surface area contributed by atoms with Gasteiger partial charge in [0.1, 0.15) is 30.7 Å². The highest BCUT2D eigenvalue weighted by atomic mass is 19.4. The number of carbonyl (C=O) groups is 4. The number of alkyl halides is 3. The summed E-state index contributed by atoms with van der Waals surface area (Å²) in [6.07, 6.45) is -3.01. The molecular formula is C58H55F5N6O9. The third-order valence-corrected chi connectivity index (χ3v) is 12.6. The van der Waals surface area contributed by atoms with E-state index in [0.717, 1.165) is 11.1 Å². The largest absolute Gasteiger partial charge is 0.490 e. The molecule has 1 saturated heterocycles. The quantitative estimate of drug-likeness (QED) is 0.0201. The second kappa shape index (κ2) is 27.6. The average molecular weight is 1080 g/mol. The van der Waals surface area contributed by atoms with E-state index in [4.69, 9.17) is 19.4 Å². The van der Waals surface area contributed by atoms with Gasteiger partial charge in [0, 0.05) is 36.0 Å². The fourth-order valence-electron chi connectivity index (χ4n) is 8.86. The molecule has 0 radical (unpaired) electrons. The first-order chi connectivity index (χ1) is 37.6. The molecular weight excluding hydrogens is 1020 g/mol. The fourth-order valence-corrected chi connectivity index (χ4v) is 8.86. The molecule has 2 aromatic heterocycles. The van der Waals surface area contributed by atoms with E-state index < -0.39 is 65.8 Å². The first kappa shape index (κ1) is 57.3. The van der Waals surface area contributed by atoms with Gasteiger partial charge in [0.25, 0.3) is 0 Å².